The Bertz CT molecular complexity index is 698. The summed E-state index contributed by atoms with van der Waals surface area (Å²) in [6, 6.07) is 7.21. The van der Waals surface area contributed by atoms with E-state index in [9.17, 15) is 10.1 Å². The Balaban J connectivity index is 1.55. The molecule has 23 heavy (non-hydrogen) atoms. The Labute approximate surface area is 134 Å². The molecule has 0 N–H and O–H groups in total. The van der Waals surface area contributed by atoms with Gasteiger partial charge in [-0.05, 0) is 19.5 Å². The van der Waals surface area contributed by atoms with Crippen LogP contribution in [0.3, 0.4) is 0 Å². The van der Waals surface area contributed by atoms with Crippen LogP contribution >= 0.6 is 0 Å². The topological polar surface area (TPSA) is 75.4 Å². The van der Waals surface area contributed by atoms with Gasteiger partial charge in [-0.2, -0.15) is 0 Å². The van der Waals surface area contributed by atoms with Gasteiger partial charge in [0.15, 0.2) is 0 Å². The highest BCUT2D eigenvalue weighted by Crippen LogP contribution is 2.24. The molecule has 0 saturated carbocycles. The molecular formula is C16H19N5O2. The lowest BCUT2D eigenvalue weighted by Gasteiger charge is -2.45. The predicted octanol–water partition coefficient (Wildman–Crippen LogP) is 2.01. The molecule has 120 valence electrons. The molecule has 2 aromatic rings. The predicted molar refractivity (Wildman–Crippen MR) is 87.3 cm³/mol. The maximum absolute atomic E-state index is 10.7. The summed E-state index contributed by atoms with van der Waals surface area (Å²) < 4.78 is 0. The van der Waals surface area contributed by atoms with Crippen LogP contribution < -0.4 is 4.90 Å². The van der Waals surface area contributed by atoms with Crippen LogP contribution in [-0.2, 0) is 6.54 Å². The molecule has 3 rings (SSSR count). The van der Waals surface area contributed by atoms with E-state index in [4.69, 9.17) is 0 Å². The molecule has 0 unspecified atom stereocenters. The van der Waals surface area contributed by atoms with Crippen LogP contribution in [0.15, 0.2) is 36.8 Å². The Hall–Kier alpha value is -2.54. The number of aromatic nitrogens is 2. The number of aryl methyl sites for hydroxylation is 1. The molecule has 0 spiro atoms. The SMILES string of the molecule is Cc1cncnc1N1CC(N(C)Cc2ccc([N+](=O)[O-])cc2)C1. The average Bonchev–Trinajstić information content (AvgIpc) is 2.48. The number of nitrogens with zero attached hydrogens (tertiary/aromatic N) is 5. The van der Waals surface area contributed by atoms with Gasteiger partial charge in [0.1, 0.15) is 12.1 Å². The number of hydrogen-bond acceptors (Lipinski definition) is 6. The van der Waals surface area contributed by atoms with Crippen molar-refractivity contribution in [1.82, 2.24) is 14.9 Å². The maximum Gasteiger partial charge on any atom is 0.269 e. The third-order valence-electron chi connectivity index (χ3n) is 4.23. The zero-order valence-corrected chi connectivity index (χ0v) is 13.2. The fourth-order valence-electron chi connectivity index (χ4n) is 2.77. The van der Waals surface area contributed by atoms with Crippen LogP contribution in [0.4, 0.5) is 11.5 Å². The van der Waals surface area contributed by atoms with Gasteiger partial charge in [0.05, 0.1) is 4.92 Å². The van der Waals surface area contributed by atoms with Crippen molar-refractivity contribution >= 4 is 11.5 Å². The first-order valence-electron chi connectivity index (χ1n) is 7.49. The second kappa shape index (κ2) is 6.29. The third-order valence-corrected chi connectivity index (χ3v) is 4.23. The zero-order valence-electron chi connectivity index (χ0n) is 13.2. The van der Waals surface area contributed by atoms with E-state index >= 15 is 0 Å². The lowest BCUT2D eigenvalue weighted by molar-refractivity contribution is -0.384. The molecule has 1 aliphatic heterocycles. The van der Waals surface area contributed by atoms with Gasteiger partial charge < -0.3 is 4.90 Å². The van der Waals surface area contributed by atoms with Crippen molar-refractivity contribution in [3.05, 3.63) is 58.0 Å². The molecule has 7 heteroatoms. The summed E-state index contributed by atoms with van der Waals surface area (Å²) in [5.74, 6) is 1.000. The Morgan fingerprint density at radius 1 is 1.35 bits per heavy atom. The zero-order chi connectivity index (χ0) is 16.4. The van der Waals surface area contributed by atoms with Gasteiger partial charge in [-0.15, -0.1) is 0 Å². The Kier molecular flexibility index (Phi) is 4.20. The van der Waals surface area contributed by atoms with E-state index in [-0.39, 0.29) is 10.6 Å². The van der Waals surface area contributed by atoms with Crippen molar-refractivity contribution < 1.29 is 4.92 Å². The molecule has 0 atom stereocenters. The molecular weight excluding hydrogens is 294 g/mol. The van der Waals surface area contributed by atoms with E-state index in [1.54, 1.807) is 18.5 Å². The van der Waals surface area contributed by atoms with E-state index in [2.05, 4.69) is 26.8 Å². The summed E-state index contributed by atoms with van der Waals surface area (Å²) in [5.41, 5.74) is 2.30. The van der Waals surface area contributed by atoms with Gasteiger partial charge in [0.2, 0.25) is 0 Å². The van der Waals surface area contributed by atoms with Crippen molar-refractivity contribution in [2.75, 3.05) is 25.0 Å². The largest absolute Gasteiger partial charge is 0.353 e. The highest BCUT2D eigenvalue weighted by molar-refractivity contribution is 5.47. The van der Waals surface area contributed by atoms with Crippen LogP contribution in [0.2, 0.25) is 0 Å². The van der Waals surface area contributed by atoms with Crippen LogP contribution in [0.1, 0.15) is 11.1 Å². The van der Waals surface area contributed by atoms with E-state index in [0.717, 1.165) is 36.6 Å². The Morgan fingerprint density at radius 2 is 2.04 bits per heavy atom. The summed E-state index contributed by atoms with van der Waals surface area (Å²) in [5, 5.41) is 10.7. The summed E-state index contributed by atoms with van der Waals surface area (Å²) in [6.07, 6.45) is 3.41. The van der Waals surface area contributed by atoms with Gasteiger partial charge in [0.25, 0.3) is 5.69 Å². The number of hydrogen-bond donors (Lipinski definition) is 0. The monoisotopic (exact) mass is 313 g/mol. The average molecular weight is 313 g/mol. The molecule has 0 amide bonds. The number of nitro groups is 1. The summed E-state index contributed by atoms with van der Waals surface area (Å²) in [4.78, 5) is 23.2. The maximum atomic E-state index is 10.7. The van der Waals surface area contributed by atoms with Crippen molar-refractivity contribution in [2.24, 2.45) is 0 Å². The van der Waals surface area contributed by atoms with Gasteiger partial charge in [0, 0.05) is 49.6 Å². The highest BCUT2D eigenvalue weighted by atomic mass is 16.6. The van der Waals surface area contributed by atoms with E-state index in [1.807, 2.05) is 25.3 Å². The first-order valence-corrected chi connectivity index (χ1v) is 7.49. The molecule has 0 radical (unpaired) electrons. The van der Waals surface area contributed by atoms with Gasteiger partial charge in [-0.3, -0.25) is 15.0 Å². The van der Waals surface area contributed by atoms with Crippen molar-refractivity contribution in [3.63, 3.8) is 0 Å². The van der Waals surface area contributed by atoms with Crippen LogP contribution in [0, 0.1) is 17.0 Å². The minimum atomic E-state index is -0.374. The van der Waals surface area contributed by atoms with Crippen molar-refractivity contribution in [3.8, 4) is 0 Å². The van der Waals surface area contributed by atoms with Gasteiger partial charge >= 0.3 is 0 Å². The number of likely N-dealkylation sites (N-methyl/N-ethyl adjacent to an activating group) is 1. The Morgan fingerprint density at radius 3 is 2.65 bits per heavy atom. The molecule has 0 aliphatic carbocycles. The standard InChI is InChI=1S/C16H19N5O2/c1-12-7-17-11-18-16(12)20-9-15(10-20)19(2)8-13-3-5-14(6-4-13)21(22)23/h3-7,11,15H,8-10H2,1-2H3. The lowest BCUT2D eigenvalue weighted by atomic mass is 10.1. The lowest BCUT2D eigenvalue weighted by Crippen LogP contribution is -2.58. The fraction of sp³-hybridized carbons (Fsp3) is 0.375. The smallest absolute Gasteiger partial charge is 0.269 e. The van der Waals surface area contributed by atoms with E-state index in [0.29, 0.717) is 6.04 Å². The highest BCUT2D eigenvalue weighted by Gasteiger charge is 2.31. The number of benzene rings is 1. The van der Waals surface area contributed by atoms with Crippen LogP contribution in [-0.4, -0.2) is 46.0 Å². The van der Waals surface area contributed by atoms with Gasteiger partial charge in [-0.1, -0.05) is 12.1 Å². The molecule has 2 heterocycles. The minimum absolute atomic E-state index is 0.130. The van der Waals surface area contributed by atoms with Crippen molar-refractivity contribution in [2.45, 2.75) is 19.5 Å². The minimum Gasteiger partial charge on any atom is -0.353 e. The number of anilines is 1. The second-order valence-electron chi connectivity index (χ2n) is 5.93. The molecule has 1 fully saturated rings. The molecule has 0 bridgehead atoms. The van der Waals surface area contributed by atoms with E-state index < -0.39 is 0 Å². The molecule has 1 saturated heterocycles. The molecule has 1 aromatic heterocycles. The first-order chi connectivity index (χ1) is 11.0. The molecule has 1 aliphatic rings. The molecule has 7 nitrogen and oxygen atoms in total. The summed E-state index contributed by atoms with van der Waals surface area (Å²) in [7, 11) is 2.08. The number of rotatable bonds is 5. The normalized spacial score (nSPS) is 14.8. The fourth-order valence-corrected chi connectivity index (χ4v) is 2.77. The number of nitro benzene ring substituents is 1. The van der Waals surface area contributed by atoms with Crippen LogP contribution in [0.25, 0.3) is 0 Å². The first kappa shape index (κ1) is 15.4. The molecule has 1 aromatic carbocycles. The summed E-state index contributed by atoms with van der Waals surface area (Å²) >= 11 is 0. The summed E-state index contributed by atoms with van der Waals surface area (Å²) in [6.45, 7) is 4.66. The quantitative estimate of drug-likeness (QED) is 0.621. The second-order valence-corrected chi connectivity index (χ2v) is 5.93. The van der Waals surface area contributed by atoms with E-state index in [1.165, 1.54) is 0 Å². The third kappa shape index (κ3) is 3.29. The van der Waals surface area contributed by atoms with Gasteiger partial charge in [-0.25, -0.2) is 9.97 Å². The number of non-ortho nitro benzene ring substituents is 1. The van der Waals surface area contributed by atoms with Crippen molar-refractivity contribution in [1.29, 1.82) is 0 Å². The van der Waals surface area contributed by atoms with Crippen LogP contribution in [0.5, 0.6) is 0 Å².